The van der Waals surface area contributed by atoms with Crippen molar-refractivity contribution in [1.82, 2.24) is 15.1 Å². The van der Waals surface area contributed by atoms with Gasteiger partial charge in [-0.05, 0) is 61.9 Å². The Kier molecular flexibility index (Phi) is 6.82. The van der Waals surface area contributed by atoms with E-state index in [-0.39, 0.29) is 34.4 Å². The highest BCUT2D eigenvalue weighted by Gasteiger charge is 2.51. The second-order valence-electron chi connectivity index (χ2n) is 13.0. The van der Waals surface area contributed by atoms with Crippen LogP contribution in [-0.4, -0.2) is 58.6 Å². The number of aromatic carboxylic acids is 1. The molecule has 9 nitrogen and oxygen atoms in total. The molecule has 1 aromatic carbocycles. The summed E-state index contributed by atoms with van der Waals surface area (Å²) < 4.78 is 58.5. The minimum absolute atomic E-state index is 0.0607. The van der Waals surface area contributed by atoms with Gasteiger partial charge in [-0.25, -0.2) is 9.78 Å². The summed E-state index contributed by atoms with van der Waals surface area (Å²) in [5.74, 6) is 0.527. The maximum Gasteiger partial charge on any atom is 0.434 e. The molecule has 1 atom stereocenters. The maximum absolute atomic E-state index is 13.8. The number of carboxylic acids is 1. The smallest absolute Gasteiger partial charge is 0.434 e. The molecule has 12 heteroatoms. The average molecular weight is 633 g/mol. The molecular formula is C34H31F3N4O5. The van der Waals surface area contributed by atoms with Gasteiger partial charge in [0.05, 0.1) is 18.7 Å². The van der Waals surface area contributed by atoms with E-state index in [0.717, 1.165) is 62.5 Å². The maximum atomic E-state index is 13.8. The molecule has 4 aliphatic rings. The summed E-state index contributed by atoms with van der Waals surface area (Å²) >= 11 is 0. The van der Waals surface area contributed by atoms with Crippen LogP contribution in [0.2, 0.25) is 0 Å². The highest BCUT2D eigenvalue weighted by Crippen LogP contribution is 2.54. The SMILES string of the molecule is O=C(O)c1cc(OC2CCOC2)c2cc(N3CC4(CC(/C=C/c5c(-c6cccnc6C(F)(F)F)noc5C5CC5)C4)C3)ccc2n1. The van der Waals surface area contributed by atoms with Gasteiger partial charge in [-0.1, -0.05) is 17.3 Å². The number of nitrogens with zero attached hydrogens (tertiary/aromatic N) is 4. The Labute approximate surface area is 262 Å². The van der Waals surface area contributed by atoms with E-state index < -0.39 is 17.8 Å². The van der Waals surface area contributed by atoms with Crippen LogP contribution >= 0.6 is 0 Å². The Morgan fingerprint density at radius 3 is 2.67 bits per heavy atom. The summed E-state index contributed by atoms with van der Waals surface area (Å²) in [4.78, 5) is 21.9. The molecule has 1 spiro atoms. The predicted molar refractivity (Wildman–Crippen MR) is 162 cm³/mol. The first-order valence-corrected chi connectivity index (χ1v) is 15.5. The fourth-order valence-electron chi connectivity index (χ4n) is 7.12. The zero-order valence-electron chi connectivity index (χ0n) is 24.8. The lowest BCUT2D eigenvalue weighted by Gasteiger charge is -2.59. The highest BCUT2D eigenvalue weighted by atomic mass is 19.4. The summed E-state index contributed by atoms with van der Waals surface area (Å²) in [7, 11) is 0. The van der Waals surface area contributed by atoms with Crippen LogP contribution in [0.1, 0.15) is 65.5 Å². The number of hydrogen-bond donors (Lipinski definition) is 1. The lowest BCUT2D eigenvalue weighted by atomic mass is 9.57. The molecule has 2 aliphatic heterocycles. The lowest BCUT2D eigenvalue weighted by molar-refractivity contribution is -0.140. The lowest BCUT2D eigenvalue weighted by Crippen LogP contribution is -2.62. The topological polar surface area (TPSA) is 111 Å². The number of rotatable bonds is 8. The van der Waals surface area contributed by atoms with E-state index in [1.807, 2.05) is 24.3 Å². The average Bonchev–Trinajstić information content (AvgIpc) is 3.54. The number of carboxylic acid groups (broad SMARTS) is 1. The van der Waals surface area contributed by atoms with Crippen molar-refractivity contribution in [3.63, 3.8) is 0 Å². The van der Waals surface area contributed by atoms with Crippen LogP contribution in [0, 0.1) is 11.3 Å². The normalized spacial score (nSPS) is 21.2. The van der Waals surface area contributed by atoms with Crippen molar-refractivity contribution in [2.45, 2.75) is 50.3 Å². The molecule has 0 amide bonds. The number of hydrogen-bond acceptors (Lipinski definition) is 8. The first-order chi connectivity index (χ1) is 22.2. The number of aromatic nitrogens is 3. The Hall–Kier alpha value is -4.45. The standard InChI is InChI=1S/C34H31F3N4O5/c35-34(36,37)31-24(2-1-10-38-31)29-23(30(46-40-29)20-4-5-20)7-3-19-14-33(15-19)17-41(18-33)21-6-8-26-25(12-21)28(13-27(39-26)32(42)43)45-22-9-11-44-16-22/h1-3,6-8,10,12-13,19-20,22H,4-5,9,11,14-18H2,(H,42,43)/b7-3+. The fourth-order valence-corrected chi connectivity index (χ4v) is 7.12. The number of allylic oxidation sites excluding steroid dienone is 1. The third-order valence-corrected chi connectivity index (χ3v) is 9.53. The van der Waals surface area contributed by atoms with Crippen molar-refractivity contribution in [2.24, 2.45) is 11.3 Å². The van der Waals surface area contributed by atoms with Crippen molar-refractivity contribution in [3.05, 3.63) is 71.4 Å². The van der Waals surface area contributed by atoms with Crippen molar-refractivity contribution in [1.29, 1.82) is 0 Å². The second-order valence-corrected chi connectivity index (χ2v) is 13.0. The molecule has 1 unspecified atom stereocenters. The van der Waals surface area contributed by atoms with Gasteiger partial charge in [0, 0.05) is 65.3 Å². The monoisotopic (exact) mass is 632 g/mol. The molecular weight excluding hydrogens is 601 g/mol. The number of fused-ring (bicyclic) bond motifs is 1. The molecule has 238 valence electrons. The first-order valence-electron chi connectivity index (χ1n) is 15.5. The molecule has 4 fully saturated rings. The zero-order valence-corrected chi connectivity index (χ0v) is 24.8. The van der Waals surface area contributed by atoms with Crippen LogP contribution in [0.25, 0.3) is 28.2 Å². The second kappa shape index (κ2) is 10.8. The zero-order chi connectivity index (χ0) is 31.6. The van der Waals surface area contributed by atoms with Gasteiger partial charge in [0.25, 0.3) is 0 Å². The molecule has 3 aromatic heterocycles. The van der Waals surface area contributed by atoms with Gasteiger partial charge in [-0.15, -0.1) is 0 Å². The summed E-state index contributed by atoms with van der Waals surface area (Å²) in [6.07, 6.45) is 4.98. The summed E-state index contributed by atoms with van der Waals surface area (Å²) in [5, 5.41) is 14.4. The van der Waals surface area contributed by atoms with Crippen LogP contribution in [-0.2, 0) is 10.9 Å². The van der Waals surface area contributed by atoms with Gasteiger partial charge in [0.2, 0.25) is 0 Å². The van der Waals surface area contributed by atoms with E-state index in [2.05, 4.69) is 26.1 Å². The van der Waals surface area contributed by atoms with E-state index in [0.29, 0.717) is 41.7 Å². The number of carbonyl (C=O) groups is 1. The third kappa shape index (κ3) is 5.28. The summed E-state index contributed by atoms with van der Waals surface area (Å²) in [5.41, 5.74) is 1.48. The number of pyridine rings is 2. The molecule has 2 aliphatic carbocycles. The van der Waals surface area contributed by atoms with E-state index in [1.165, 1.54) is 18.2 Å². The predicted octanol–water partition coefficient (Wildman–Crippen LogP) is 6.98. The van der Waals surface area contributed by atoms with Crippen LogP contribution < -0.4 is 9.64 Å². The number of anilines is 1. The van der Waals surface area contributed by atoms with Crippen LogP contribution in [0.5, 0.6) is 5.75 Å². The summed E-state index contributed by atoms with van der Waals surface area (Å²) in [6, 6.07) is 10.2. The molecule has 2 saturated carbocycles. The molecule has 5 heterocycles. The molecule has 0 bridgehead atoms. The Bertz CT molecular complexity index is 1850. The Balaban J connectivity index is 0.974. The van der Waals surface area contributed by atoms with E-state index >= 15 is 0 Å². The Morgan fingerprint density at radius 1 is 1.13 bits per heavy atom. The number of halogens is 3. The molecule has 46 heavy (non-hydrogen) atoms. The largest absolute Gasteiger partial charge is 0.487 e. The van der Waals surface area contributed by atoms with Gasteiger partial charge >= 0.3 is 12.1 Å². The summed E-state index contributed by atoms with van der Waals surface area (Å²) in [6.45, 7) is 2.84. The molecule has 4 aromatic rings. The highest BCUT2D eigenvalue weighted by molar-refractivity contribution is 5.94. The minimum atomic E-state index is -4.60. The van der Waals surface area contributed by atoms with Crippen molar-refractivity contribution >= 4 is 28.6 Å². The first kappa shape index (κ1) is 29.0. The van der Waals surface area contributed by atoms with Crippen molar-refractivity contribution in [2.75, 3.05) is 31.2 Å². The quantitative estimate of drug-likeness (QED) is 0.220. The molecule has 2 saturated heterocycles. The molecule has 1 N–H and O–H groups in total. The number of alkyl halides is 3. The number of ether oxygens (including phenoxy) is 2. The van der Waals surface area contributed by atoms with Gasteiger partial charge in [-0.3, -0.25) is 4.98 Å². The van der Waals surface area contributed by atoms with Crippen molar-refractivity contribution < 1.29 is 37.1 Å². The van der Waals surface area contributed by atoms with E-state index in [1.54, 1.807) is 0 Å². The van der Waals surface area contributed by atoms with Crippen LogP contribution in [0.3, 0.4) is 0 Å². The van der Waals surface area contributed by atoms with Crippen LogP contribution in [0.4, 0.5) is 18.9 Å². The minimum Gasteiger partial charge on any atom is -0.487 e. The van der Waals surface area contributed by atoms with Gasteiger partial charge in [-0.2, -0.15) is 13.2 Å². The third-order valence-electron chi connectivity index (χ3n) is 9.53. The van der Waals surface area contributed by atoms with Gasteiger partial charge in [0.15, 0.2) is 11.4 Å². The van der Waals surface area contributed by atoms with Crippen LogP contribution in [0.15, 0.2) is 53.2 Å². The van der Waals surface area contributed by atoms with Gasteiger partial charge in [0.1, 0.15) is 23.3 Å². The van der Waals surface area contributed by atoms with E-state index in [4.69, 9.17) is 14.0 Å². The Morgan fingerprint density at radius 2 is 1.96 bits per heavy atom. The molecule has 8 rings (SSSR count). The van der Waals surface area contributed by atoms with E-state index in [9.17, 15) is 23.1 Å². The fraction of sp³-hybridized carbons (Fsp3) is 0.412. The van der Waals surface area contributed by atoms with Crippen molar-refractivity contribution in [3.8, 4) is 17.0 Å². The number of benzene rings is 1. The van der Waals surface area contributed by atoms with Gasteiger partial charge < -0.3 is 24.0 Å². The molecule has 0 radical (unpaired) electrons.